The fourth-order valence-corrected chi connectivity index (χ4v) is 4.22. The van der Waals surface area contributed by atoms with Gasteiger partial charge in [-0.25, -0.2) is 0 Å². The van der Waals surface area contributed by atoms with E-state index in [2.05, 4.69) is 65.4 Å². The molecular formula is C16H18BrNOS. The van der Waals surface area contributed by atoms with Crippen LogP contribution < -0.4 is 10.1 Å². The van der Waals surface area contributed by atoms with Crippen LogP contribution in [0.25, 0.3) is 0 Å². The maximum absolute atomic E-state index is 5.79. The third-order valence-electron chi connectivity index (χ3n) is 3.54. The lowest BCUT2D eigenvalue weighted by Gasteiger charge is -2.17. The van der Waals surface area contributed by atoms with Crippen LogP contribution in [0.5, 0.6) is 5.75 Å². The zero-order valence-corrected chi connectivity index (χ0v) is 14.1. The third kappa shape index (κ3) is 2.78. The summed E-state index contributed by atoms with van der Waals surface area (Å²) < 4.78 is 6.96. The van der Waals surface area contributed by atoms with Gasteiger partial charge >= 0.3 is 0 Å². The lowest BCUT2D eigenvalue weighted by molar-refractivity contribution is 0.254. The number of ether oxygens (including phenoxy) is 1. The molecule has 2 atom stereocenters. The van der Waals surface area contributed by atoms with Gasteiger partial charge in [0.05, 0.1) is 9.83 Å². The Morgan fingerprint density at radius 1 is 1.40 bits per heavy atom. The van der Waals surface area contributed by atoms with Gasteiger partial charge in [-0.2, -0.15) is 0 Å². The van der Waals surface area contributed by atoms with Gasteiger partial charge in [0.25, 0.3) is 0 Å². The molecule has 0 amide bonds. The second-order valence-electron chi connectivity index (χ2n) is 5.13. The Balaban J connectivity index is 1.94. The van der Waals surface area contributed by atoms with Crippen molar-refractivity contribution in [1.82, 2.24) is 5.32 Å². The summed E-state index contributed by atoms with van der Waals surface area (Å²) in [6.45, 7) is 5.22. The fourth-order valence-electron chi connectivity index (χ4n) is 2.69. The zero-order valence-electron chi connectivity index (χ0n) is 11.7. The van der Waals surface area contributed by atoms with Gasteiger partial charge in [-0.3, -0.25) is 0 Å². The Labute approximate surface area is 132 Å². The van der Waals surface area contributed by atoms with Crippen molar-refractivity contribution in [3.63, 3.8) is 0 Å². The van der Waals surface area contributed by atoms with E-state index in [1.807, 2.05) is 0 Å². The van der Waals surface area contributed by atoms with E-state index in [1.165, 1.54) is 19.8 Å². The zero-order chi connectivity index (χ0) is 14.1. The standard InChI is InChI=1S/C16H18BrNOS/c1-3-18-16(14-6-7-15(17)20-14)11-4-5-13-12(9-11)8-10(2)19-13/h4-7,9-10,16,18H,3,8H2,1-2H3. The molecule has 0 radical (unpaired) electrons. The fraction of sp³-hybridized carbons (Fsp3) is 0.375. The number of rotatable bonds is 4. The highest BCUT2D eigenvalue weighted by Crippen LogP contribution is 2.35. The van der Waals surface area contributed by atoms with Gasteiger partial charge in [0.1, 0.15) is 11.9 Å². The Morgan fingerprint density at radius 2 is 2.25 bits per heavy atom. The van der Waals surface area contributed by atoms with Gasteiger partial charge in [0.15, 0.2) is 0 Å². The van der Waals surface area contributed by atoms with Crippen molar-refractivity contribution in [3.05, 3.63) is 50.1 Å². The highest BCUT2D eigenvalue weighted by Gasteiger charge is 2.22. The van der Waals surface area contributed by atoms with E-state index >= 15 is 0 Å². The van der Waals surface area contributed by atoms with Gasteiger partial charge < -0.3 is 10.1 Å². The lowest BCUT2D eigenvalue weighted by Crippen LogP contribution is -2.21. The van der Waals surface area contributed by atoms with Crippen molar-refractivity contribution in [2.45, 2.75) is 32.4 Å². The molecule has 0 spiro atoms. The summed E-state index contributed by atoms with van der Waals surface area (Å²) >= 11 is 5.34. The maximum atomic E-state index is 5.79. The summed E-state index contributed by atoms with van der Waals surface area (Å²) in [4.78, 5) is 1.34. The Bertz CT molecular complexity index is 610. The van der Waals surface area contributed by atoms with Gasteiger partial charge in [-0.1, -0.05) is 19.1 Å². The largest absolute Gasteiger partial charge is 0.490 e. The van der Waals surface area contributed by atoms with E-state index in [1.54, 1.807) is 11.3 Å². The van der Waals surface area contributed by atoms with E-state index in [-0.39, 0.29) is 6.04 Å². The number of benzene rings is 1. The highest BCUT2D eigenvalue weighted by atomic mass is 79.9. The first-order chi connectivity index (χ1) is 9.67. The number of thiophene rings is 1. The van der Waals surface area contributed by atoms with Crippen molar-refractivity contribution in [3.8, 4) is 5.75 Å². The molecule has 0 saturated carbocycles. The third-order valence-corrected chi connectivity index (χ3v) is 5.23. The van der Waals surface area contributed by atoms with Crippen LogP contribution in [0.2, 0.25) is 0 Å². The minimum Gasteiger partial charge on any atom is -0.490 e. The number of fused-ring (bicyclic) bond motifs is 1. The average Bonchev–Trinajstić information content (AvgIpc) is 3.00. The van der Waals surface area contributed by atoms with E-state index in [0.29, 0.717) is 6.10 Å². The summed E-state index contributed by atoms with van der Waals surface area (Å²) in [5.41, 5.74) is 2.64. The van der Waals surface area contributed by atoms with Crippen molar-refractivity contribution in [2.75, 3.05) is 6.54 Å². The molecule has 1 aromatic carbocycles. The van der Waals surface area contributed by atoms with Crippen LogP contribution in [0.4, 0.5) is 0 Å². The number of halogens is 1. The van der Waals surface area contributed by atoms with Crippen LogP contribution in [0.3, 0.4) is 0 Å². The smallest absolute Gasteiger partial charge is 0.123 e. The molecule has 0 fully saturated rings. The van der Waals surface area contributed by atoms with E-state index in [9.17, 15) is 0 Å². The van der Waals surface area contributed by atoms with Gasteiger partial charge in [-0.05, 0) is 58.7 Å². The van der Waals surface area contributed by atoms with Crippen LogP contribution in [-0.4, -0.2) is 12.6 Å². The van der Waals surface area contributed by atoms with Gasteiger partial charge in [0, 0.05) is 11.3 Å². The van der Waals surface area contributed by atoms with Crippen LogP contribution >= 0.6 is 27.3 Å². The average molecular weight is 352 g/mol. The molecular weight excluding hydrogens is 334 g/mol. The van der Waals surface area contributed by atoms with Crippen molar-refractivity contribution < 1.29 is 4.74 Å². The predicted octanol–water partition coefficient (Wildman–Crippen LogP) is 4.53. The molecule has 2 aromatic rings. The highest BCUT2D eigenvalue weighted by molar-refractivity contribution is 9.11. The molecule has 2 nitrogen and oxygen atoms in total. The van der Waals surface area contributed by atoms with Gasteiger partial charge in [-0.15, -0.1) is 11.3 Å². The lowest BCUT2D eigenvalue weighted by atomic mass is 10.0. The first kappa shape index (κ1) is 14.1. The number of nitrogens with one attached hydrogen (secondary N) is 1. The molecule has 3 rings (SSSR count). The molecule has 1 N–H and O–H groups in total. The molecule has 1 aromatic heterocycles. The molecule has 106 valence electrons. The SMILES string of the molecule is CCNC(c1ccc2c(c1)CC(C)O2)c1ccc(Br)s1. The summed E-state index contributed by atoms with van der Waals surface area (Å²) in [7, 11) is 0. The van der Waals surface area contributed by atoms with E-state index in [4.69, 9.17) is 4.74 Å². The molecule has 2 heterocycles. The van der Waals surface area contributed by atoms with E-state index < -0.39 is 0 Å². The molecule has 0 saturated heterocycles. The molecule has 2 unspecified atom stereocenters. The summed E-state index contributed by atoms with van der Waals surface area (Å²) in [5, 5.41) is 3.58. The quantitative estimate of drug-likeness (QED) is 0.873. The molecule has 4 heteroatoms. The Kier molecular flexibility index (Phi) is 4.15. The van der Waals surface area contributed by atoms with Crippen molar-refractivity contribution >= 4 is 27.3 Å². The number of hydrogen-bond acceptors (Lipinski definition) is 3. The van der Waals surface area contributed by atoms with Crippen molar-refractivity contribution in [2.24, 2.45) is 0 Å². The van der Waals surface area contributed by atoms with Crippen LogP contribution in [-0.2, 0) is 6.42 Å². The molecule has 1 aliphatic rings. The Morgan fingerprint density at radius 3 is 2.95 bits per heavy atom. The first-order valence-electron chi connectivity index (χ1n) is 6.95. The normalized spacial score (nSPS) is 18.6. The van der Waals surface area contributed by atoms with Crippen LogP contribution in [0.15, 0.2) is 34.1 Å². The molecule has 0 bridgehead atoms. The predicted molar refractivity (Wildman–Crippen MR) is 87.8 cm³/mol. The first-order valence-corrected chi connectivity index (χ1v) is 8.56. The molecule has 0 aliphatic carbocycles. The summed E-state index contributed by atoms with van der Waals surface area (Å²) in [6.07, 6.45) is 1.31. The maximum Gasteiger partial charge on any atom is 0.123 e. The van der Waals surface area contributed by atoms with Crippen LogP contribution in [0.1, 0.15) is 35.9 Å². The minimum absolute atomic E-state index is 0.262. The second kappa shape index (κ2) is 5.88. The molecule has 20 heavy (non-hydrogen) atoms. The minimum atomic E-state index is 0.262. The van der Waals surface area contributed by atoms with Gasteiger partial charge in [0.2, 0.25) is 0 Å². The summed E-state index contributed by atoms with van der Waals surface area (Å²) in [5.74, 6) is 1.05. The molecule has 1 aliphatic heterocycles. The summed E-state index contributed by atoms with van der Waals surface area (Å²) in [6, 6.07) is 11.1. The van der Waals surface area contributed by atoms with Crippen molar-refractivity contribution in [1.29, 1.82) is 0 Å². The second-order valence-corrected chi connectivity index (χ2v) is 7.63. The monoisotopic (exact) mass is 351 g/mol. The van der Waals surface area contributed by atoms with Crippen LogP contribution in [0, 0.1) is 0 Å². The topological polar surface area (TPSA) is 21.3 Å². The van der Waals surface area contributed by atoms with E-state index in [0.717, 1.165) is 18.7 Å². The number of hydrogen-bond donors (Lipinski definition) is 1. The Hall–Kier alpha value is -0.840.